The van der Waals surface area contributed by atoms with Crippen molar-refractivity contribution >= 4 is 39.3 Å². The van der Waals surface area contributed by atoms with E-state index in [9.17, 15) is 22.8 Å². The SMILES string of the molecule is CC(=O)Nc1ccc(S(=O)(=O)NCC(=O)OC(C(=O)Nc2cc(C)on2)c2ccccc2)cc1. The van der Waals surface area contributed by atoms with E-state index >= 15 is 0 Å². The van der Waals surface area contributed by atoms with Crippen LogP contribution < -0.4 is 15.4 Å². The maximum absolute atomic E-state index is 12.8. The summed E-state index contributed by atoms with van der Waals surface area (Å²) in [6.45, 7) is 2.26. The van der Waals surface area contributed by atoms with Crippen LogP contribution in [0.4, 0.5) is 11.5 Å². The van der Waals surface area contributed by atoms with Crippen molar-refractivity contribution in [3.05, 3.63) is 72.0 Å². The second-order valence-electron chi connectivity index (χ2n) is 7.12. The third kappa shape index (κ3) is 6.73. The highest BCUT2D eigenvalue weighted by Gasteiger charge is 2.27. The van der Waals surface area contributed by atoms with Crippen LogP contribution in [0, 0.1) is 6.92 Å². The highest BCUT2D eigenvalue weighted by molar-refractivity contribution is 7.89. The first kappa shape index (κ1) is 24.6. The van der Waals surface area contributed by atoms with Crippen LogP contribution in [0.3, 0.4) is 0 Å². The van der Waals surface area contributed by atoms with Crippen LogP contribution in [0.15, 0.2) is 70.1 Å². The average molecular weight is 487 g/mol. The number of aryl methyl sites for hydroxylation is 1. The number of amides is 2. The summed E-state index contributed by atoms with van der Waals surface area (Å²) in [4.78, 5) is 36.1. The summed E-state index contributed by atoms with van der Waals surface area (Å²) in [6.07, 6.45) is -1.35. The van der Waals surface area contributed by atoms with Gasteiger partial charge in [0.1, 0.15) is 12.3 Å². The maximum Gasteiger partial charge on any atom is 0.322 e. The van der Waals surface area contributed by atoms with Crippen molar-refractivity contribution in [1.82, 2.24) is 9.88 Å². The Morgan fingerprint density at radius 1 is 1.03 bits per heavy atom. The lowest BCUT2D eigenvalue weighted by Crippen LogP contribution is -2.33. The van der Waals surface area contributed by atoms with E-state index in [4.69, 9.17) is 9.26 Å². The molecular weight excluding hydrogens is 464 g/mol. The number of nitrogens with zero attached hydrogens (tertiary/aromatic N) is 1. The molecule has 11 nitrogen and oxygen atoms in total. The number of carbonyl (C=O) groups excluding carboxylic acids is 3. The normalized spacial score (nSPS) is 11.9. The van der Waals surface area contributed by atoms with E-state index < -0.39 is 34.5 Å². The molecule has 1 unspecified atom stereocenters. The first-order chi connectivity index (χ1) is 16.1. The molecule has 2 amide bonds. The molecule has 34 heavy (non-hydrogen) atoms. The van der Waals surface area contributed by atoms with Gasteiger partial charge in [-0.25, -0.2) is 8.42 Å². The Morgan fingerprint density at radius 2 is 1.71 bits per heavy atom. The number of aromatic nitrogens is 1. The van der Waals surface area contributed by atoms with E-state index in [-0.39, 0.29) is 16.6 Å². The quantitative estimate of drug-likeness (QED) is 0.388. The third-order valence-corrected chi connectivity index (χ3v) is 5.78. The Balaban J connectivity index is 1.66. The van der Waals surface area contributed by atoms with E-state index in [0.29, 0.717) is 17.0 Å². The first-order valence-electron chi connectivity index (χ1n) is 10.00. The Labute approximate surface area is 195 Å². The number of benzene rings is 2. The van der Waals surface area contributed by atoms with Gasteiger partial charge < -0.3 is 19.9 Å². The van der Waals surface area contributed by atoms with Gasteiger partial charge in [0.25, 0.3) is 5.91 Å². The molecule has 1 aromatic heterocycles. The summed E-state index contributed by atoms with van der Waals surface area (Å²) in [5.41, 5.74) is 0.801. The van der Waals surface area contributed by atoms with Crippen LogP contribution in [-0.4, -0.2) is 37.9 Å². The van der Waals surface area contributed by atoms with Crippen LogP contribution in [0.25, 0.3) is 0 Å². The van der Waals surface area contributed by atoms with Gasteiger partial charge in [-0.15, -0.1) is 0 Å². The molecule has 3 aromatic rings. The smallest absolute Gasteiger partial charge is 0.322 e. The van der Waals surface area contributed by atoms with Crippen LogP contribution in [0.2, 0.25) is 0 Å². The monoisotopic (exact) mass is 486 g/mol. The van der Waals surface area contributed by atoms with Gasteiger partial charge >= 0.3 is 5.97 Å². The van der Waals surface area contributed by atoms with Crippen LogP contribution in [0.1, 0.15) is 24.4 Å². The molecule has 2 aromatic carbocycles. The van der Waals surface area contributed by atoms with Gasteiger partial charge in [-0.2, -0.15) is 4.72 Å². The third-order valence-electron chi connectivity index (χ3n) is 4.36. The summed E-state index contributed by atoms with van der Waals surface area (Å²) in [5.74, 6) is -1.35. The predicted molar refractivity (Wildman–Crippen MR) is 121 cm³/mol. The Bertz CT molecular complexity index is 1270. The van der Waals surface area contributed by atoms with Crippen molar-refractivity contribution < 1.29 is 32.1 Å². The molecule has 0 bridgehead atoms. The fourth-order valence-corrected chi connectivity index (χ4v) is 3.82. The number of ether oxygens (including phenoxy) is 1. The summed E-state index contributed by atoms with van der Waals surface area (Å²) in [5, 5.41) is 8.69. The second kappa shape index (κ2) is 10.7. The second-order valence-corrected chi connectivity index (χ2v) is 8.89. The molecule has 0 saturated heterocycles. The lowest BCUT2D eigenvalue weighted by Gasteiger charge is -2.17. The van der Waals surface area contributed by atoms with Gasteiger partial charge in [-0.1, -0.05) is 35.5 Å². The van der Waals surface area contributed by atoms with Crippen LogP contribution in [-0.2, 0) is 29.1 Å². The number of rotatable bonds is 9. The van der Waals surface area contributed by atoms with Crippen LogP contribution >= 0.6 is 0 Å². The predicted octanol–water partition coefficient (Wildman–Crippen LogP) is 2.14. The molecule has 0 aliphatic carbocycles. The molecular formula is C22H22N4O7S. The summed E-state index contributed by atoms with van der Waals surface area (Å²) < 4.78 is 37.3. The van der Waals surface area contributed by atoms with Gasteiger partial charge in [0.2, 0.25) is 22.0 Å². The fourth-order valence-electron chi connectivity index (χ4n) is 2.85. The topological polar surface area (TPSA) is 157 Å². The first-order valence-corrected chi connectivity index (χ1v) is 11.5. The molecule has 0 saturated carbocycles. The fraction of sp³-hybridized carbons (Fsp3) is 0.182. The number of hydrogen-bond donors (Lipinski definition) is 3. The van der Waals surface area contributed by atoms with Crippen molar-refractivity contribution in [3.8, 4) is 0 Å². The zero-order valence-corrected chi connectivity index (χ0v) is 19.1. The molecule has 0 radical (unpaired) electrons. The highest BCUT2D eigenvalue weighted by Crippen LogP contribution is 2.20. The van der Waals surface area contributed by atoms with Crippen molar-refractivity contribution in [2.24, 2.45) is 0 Å². The molecule has 3 N–H and O–H groups in total. The standard InChI is InChI=1S/C22H22N4O7S/c1-14-12-19(26-33-14)25-22(29)21(16-6-4-3-5-7-16)32-20(28)13-23-34(30,31)18-10-8-17(9-11-18)24-15(2)27/h3-12,21,23H,13H2,1-2H3,(H,24,27)(H,25,26,29). The number of esters is 1. The van der Waals surface area contributed by atoms with Gasteiger partial charge in [-0.05, 0) is 31.2 Å². The van der Waals surface area contributed by atoms with E-state index in [1.807, 2.05) is 0 Å². The number of anilines is 2. The Morgan fingerprint density at radius 3 is 2.29 bits per heavy atom. The minimum absolute atomic E-state index is 0.117. The maximum atomic E-state index is 12.8. The Hall–Kier alpha value is -4.03. The number of carbonyl (C=O) groups is 3. The van der Waals surface area contributed by atoms with Gasteiger partial charge in [0, 0.05) is 24.2 Å². The van der Waals surface area contributed by atoms with Crippen molar-refractivity contribution in [2.45, 2.75) is 24.8 Å². The molecule has 0 aliphatic rings. The van der Waals surface area contributed by atoms with Crippen molar-refractivity contribution in [2.75, 3.05) is 17.2 Å². The number of hydrogen-bond acceptors (Lipinski definition) is 8. The van der Waals surface area contributed by atoms with E-state index in [2.05, 4.69) is 20.5 Å². The molecule has 0 aliphatic heterocycles. The van der Waals surface area contributed by atoms with Gasteiger partial charge in [0.15, 0.2) is 5.82 Å². The summed E-state index contributed by atoms with van der Waals surface area (Å²) >= 11 is 0. The number of nitrogens with one attached hydrogen (secondary N) is 3. The minimum atomic E-state index is -4.05. The largest absolute Gasteiger partial charge is 0.446 e. The highest BCUT2D eigenvalue weighted by atomic mass is 32.2. The lowest BCUT2D eigenvalue weighted by molar-refractivity contribution is -0.153. The van der Waals surface area contributed by atoms with E-state index in [0.717, 1.165) is 0 Å². The zero-order valence-electron chi connectivity index (χ0n) is 18.3. The molecule has 0 fully saturated rings. The van der Waals surface area contributed by atoms with Gasteiger partial charge in [-0.3, -0.25) is 14.4 Å². The minimum Gasteiger partial charge on any atom is -0.446 e. The molecule has 1 atom stereocenters. The van der Waals surface area contributed by atoms with Crippen LogP contribution in [0.5, 0.6) is 0 Å². The summed E-state index contributed by atoms with van der Waals surface area (Å²) in [7, 11) is -4.05. The molecule has 12 heteroatoms. The van der Waals surface area contributed by atoms with Crippen molar-refractivity contribution in [3.63, 3.8) is 0 Å². The Kier molecular flexibility index (Phi) is 7.76. The lowest BCUT2D eigenvalue weighted by atomic mass is 10.1. The molecule has 178 valence electrons. The summed E-state index contributed by atoms with van der Waals surface area (Å²) in [6, 6.07) is 15.1. The van der Waals surface area contributed by atoms with E-state index in [1.54, 1.807) is 37.3 Å². The number of sulfonamides is 1. The molecule has 0 spiro atoms. The van der Waals surface area contributed by atoms with Crippen molar-refractivity contribution in [1.29, 1.82) is 0 Å². The zero-order chi connectivity index (χ0) is 24.7. The average Bonchev–Trinajstić information content (AvgIpc) is 3.21. The molecule has 1 heterocycles. The van der Waals surface area contributed by atoms with E-state index in [1.165, 1.54) is 37.3 Å². The molecule has 3 rings (SSSR count). The van der Waals surface area contributed by atoms with Gasteiger partial charge in [0.05, 0.1) is 4.90 Å².